The molecule has 1 amide bonds. The number of rotatable bonds is 8. The molecular weight excluding hydrogens is 505 g/mol. The van der Waals surface area contributed by atoms with Gasteiger partial charge in [-0.2, -0.15) is 0 Å². The number of ether oxygens (including phenoxy) is 1. The van der Waals surface area contributed by atoms with E-state index in [1.807, 2.05) is 18.2 Å². The van der Waals surface area contributed by atoms with Crippen molar-refractivity contribution < 1.29 is 24.5 Å². The van der Waals surface area contributed by atoms with Crippen LogP contribution in [0.25, 0.3) is 0 Å². The second-order valence-corrected chi connectivity index (χ2v) is 8.89. The van der Waals surface area contributed by atoms with Gasteiger partial charge in [0.1, 0.15) is 16.7 Å². The third-order valence-corrected chi connectivity index (χ3v) is 6.13. The Bertz CT molecular complexity index is 1240. The maximum atomic E-state index is 11.6. The molecule has 190 valence electrons. The molecule has 0 saturated heterocycles. The number of aliphatic hydroxyl groups is 1. The molecule has 36 heavy (non-hydrogen) atoms. The molecule has 0 fully saturated rings. The Morgan fingerprint density at radius 3 is 2.58 bits per heavy atom. The molecule has 4 rings (SSSR count). The first-order valence-corrected chi connectivity index (χ1v) is 11.6. The van der Waals surface area contributed by atoms with Crippen molar-refractivity contribution in [2.45, 2.75) is 38.3 Å². The first kappa shape index (κ1) is 27.4. The summed E-state index contributed by atoms with van der Waals surface area (Å²) in [7, 11) is 0. The summed E-state index contributed by atoms with van der Waals surface area (Å²) < 4.78 is 5.94. The normalized spacial score (nSPS) is 15.2. The molecule has 0 radical (unpaired) electrons. The highest BCUT2D eigenvalue weighted by molar-refractivity contribution is 6.29. The highest BCUT2D eigenvalue weighted by Gasteiger charge is 2.21. The largest absolute Gasteiger partial charge is 0.478 e. The highest BCUT2D eigenvalue weighted by Crippen LogP contribution is 2.31. The highest BCUT2D eigenvalue weighted by atomic mass is 35.5. The average molecular weight is 532 g/mol. The number of anilines is 1. The SMILES string of the molecule is CC(=O)Nc1ccc(Oc2ccc3c(c2)C[C@@H](NC[C@H](O)c2ccc(Cl)nc2)CC3)cc1C(=O)O.Cl. The van der Waals surface area contributed by atoms with E-state index >= 15 is 0 Å². The Morgan fingerprint density at radius 2 is 1.89 bits per heavy atom. The number of hydrogen-bond acceptors (Lipinski definition) is 6. The van der Waals surface area contributed by atoms with Crippen LogP contribution in [0.1, 0.15) is 46.5 Å². The first-order valence-electron chi connectivity index (χ1n) is 11.3. The van der Waals surface area contributed by atoms with Crippen molar-refractivity contribution in [3.8, 4) is 11.5 Å². The van der Waals surface area contributed by atoms with Crippen LogP contribution in [-0.2, 0) is 17.6 Å². The number of benzene rings is 2. The van der Waals surface area contributed by atoms with Crippen molar-refractivity contribution in [1.29, 1.82) is 0 Å². The fourth-order valence-corrected chi connectivity index (χ4v) is 4.26. The molecule has 3 aromatic rings. The van der Waals surface area contributed by atoms with E-state index in [-0.39, 0.29) is 35.6 Å². The second kappa shape index (κ2) is 12.2. The van der Waals surface area contributed by atoms with Crippen LogP contribution in [0.5, 0.6) is 11.5 Å². The molecule has 0 aliphatic heterocycles. The Hall–Kier alpha value is -3.17. The molecule has 0 saturated carbocycles. The lowest BCUT2D eigenvalue weighted by atomic mass is 9.88. The quantitative estimate of drug-likeness (QED) is 0.308. The number of carbonyl (C=O) groups excluding carboxylic acids is 1. The molecule has 8 nitrogen and oxygen atoms in total. The van der Waals surface area contributed by atoms with E-state index in [0.29, 0.717) is 28.8 Å². The van der Waals surface area contributed by atoms with Crippen LogP contribution in [0.15, 0.2) is 54.7 Å². The van der Waals surface area contributed by atoms with Gasteiger partial charge >= 0.3 is 5.97 Å². The van der Waals surface area contributed by atoms with E-state index < -0.39 is 12.1 Å². The zero-order valence-electron chi connectivity index (χ0n) is 19.5. The number of aryl methyl sites for hydroxylation is 1. The van der Waals surface area contributed by atoms with E-state index in [1.54, 1.807) is 24.4 Å². The first-order chi connectivity index (χ1) is 16.8. The van der Waals surface area contributed by atoms with Crippen molar-refractivity contribution in [1.82, 2.24) is 10.3 Å². The van der Waals surface area contributed by atoms with Gasteiger partial charge in [0.25, 0.3) is 0 Å². The number of fused-ring (bicyclic) bond motifs is 1. The van der Waals surface area contributed by atoms with Crippen LogP contribution in [-0.4, -0.2) is 39.7 Å². The van der Waals surface area contributed by atoms with E-state index in [2.05, 4.69) is 15.6 Å². The van der Waals surface area contributed by atoms with Crippen molar-refractivity contribution in [2.24, 2.45) is 0 Å². The third-order valence-electron chi connectivity index (χ3n) is 5.91. The predicted octanol–water partition coefficient (Wildman–Crippen LogP) is 4.79. The number of aliphatic hydroxyl groups excluding tert-OH is 1. The van der Waals surface area contributed by atoms with Gasteiger partial charge in [0, 0.05) is 31.3 Å². The molecule has 4 N–H and O–H groups in total. The standard InChI is InChI=1S/C26H26ClN3O5.ClH/c1-15(31)30-23-8-7-21(12-22(23)26(33)34)35-20-6-3-16-2-5-19(10-18(16)11-20)28-14-24(32)17-4-9-25(27)29-13-17;/h3-4,6-9,11-13,19,24,28,32H,2,5,10,14H2,1H3,(H,30,31)(H,33,34);1H/t19-,24-;/m0./s1. The van der Waals surface area contributed by atoms with Gasteiger partial charge in [0.15, 0.2) is 0 Å². The van der Waals surface area contributed by atoms with Crippen molar-refractivity contribution in [2.75, 3.05) is 11.9 Å². The fraction of sp³-hybridized carbons (Fsp3) is 0.269. The van der Waals surface area contributed by atoms with Gasteiger partial charge in [-0.05, 0) is 66.8 Å². The molecule has 2 atom stereocenters. The minimum Gasteiger partial charge on any atom is -0.478 e. The Labute approximate surface area is 220 Å². The van der Waals surface area contributed by atoms with Crippen molar-refractivity contribution in [3.05, 3.63) is 82.1 Å². The minimum atomic E-state index is -1.16. The number of aromatic nitrogens is 1. The zero-order chi connectivity index (χ0) is 24.9. The molecule has 0 bridgehead atoms. The smallest absolute Gasteiger partial charge is 0.337 e. The Morgan fingerprint density at radius 1 is 1.14 bits per heavy atom. The Balaban J connectivity index is 0.00000361. The molecule has 0 unspecified atom stereocenters. The minimum absolute atomic E-state index is 0. The van der Waals surface area contributed by atoms with Gasteiger partial charge < -0.3 is 25.6 Å². The summed E-state index contributed by atoms with van der Waals surface area (Å²) in [5.41, 5.74) is 3.26. The zero-order valence-corrected chi connectivity index (χ0v) is 21.1. The maximum Gasteiger partial charge on any atom is 0.337 e. The lowest BCUT2D eigenvalue weighted by Gasteiger charge is -2.27. The van der Waals surface area contributed by atoms with Gasteiger partial charge in [0.05, 0.1) is 17.4 Å². The summed E-state index contributed by atoms with van der Waals surface area (Å²) in [5.74, 6) is -0.548. The van der Waals surface area contributed by atoms with Crippen LogP contribution >= 0.6 is 24.0 Å². The van der Waals surface area contributed by atoms with Crippen LogP contribution < -0.4 is 15.4 Å². The topological polar surface area (TPSA) is 121 Å². The summed E-state index contributed by atoms with van der Waals surface area (Å²) in [4.78, 5) is 27.0. The number of pyridine rings is 1. The summed E-state index contributed by atoms with van der Waals surface area (Å²) in [6, 6.07) is 14.0. The number of amides is 1. The molecule has 1 aromatic heterocycles. The van der Waals surface area contributed by atoms with E-state index in [1.165, 1.54) is 24.6 Å². The van der Waals surface area contributed by atoms with Crippen LogP contribution in [0.2, 0.25) is 5.15 Å². The summed E-state index contributed by atoms with van der Waals surface area (Å²) in [5, 5.41) is 26.3. The van der Waals surface area contributed by atoms with Gasteiger partial charge in [0.2, 0.25) is 5.91 Å². The lowest BCUT2D eigenvalue weighted by molar-refractivity contribution is -0.114. The maximum absolute atomic E-state index is 11.6. The number of nitrogens with one attached hydrogen (secondary N) is 2. The monoisotopic (exact) mass is 531 g/mol. The van der Waals surface area contributed by atoms with Gasteiger partial charge in [-0.25, -0.2) is 9.78 Å². The Kier molecular flexibility index (Phi) is 9.28. The van der Waals surface area contributed by atoms with Crippen molar-refractivity contribution >= 4 is 41.6 Å². The van der Waals surface area contributed by atoms with Crippen LogP contribution in [0.4, 0.5) is 5.69 Å². The molecular formula is C26H27Cl2N3O5. The number of aromatic carboxylic acids is 1. The van der Waals surface area contributed by atoms with E-state index in [0.717, 1.165) is 24.8 Å². The lowest BCUT2D eigenvalue weighted by Crippen LogP contribution is -2.37. The predicted molar refractivity (Wildman–Crippen MR) is 139 cm³/mol. The molecule has 1 heterocycles. The van der Waals surface area contributed by atoms with Crippen LogP contribution in [0, 0.1) is 0 Å². The van der Waals surface area contributed by atoms with Gasteiger partial charge in [-0.3, -0.25) is 4.79 Å². The number of carboxylic acids is 1. The number of carbonyl (C=O) groups is 2. The van der Waals surface area contributed by atoms with E-state index in [9.17, 15) is 19.8 Å². The number of nitrogens with zero attached hydrogens (tertiary/aromatic N) is 1. The number of hydrogen-bond donors (Lipinski definition) is 4. The molecule has 0 spiro atoms. The molecule has 1 aliphatic carbocycles. The second-order valence-electron chi connectivity index (χ2n) is 8.50. The number of carboxylic acid groups (broad SMARTS) is 1. The summed E-state index contributed by atoms with van der Waals surface area (Å²) in [6.45, 7) is 1.72. The van der Waals surface area contributed by atoms with Crippen molar-refractivity contribution in [3.63, 3.8) is 0 Å². The van der Waals surface area contributed by atoms with E-state index in [4.69, 9.17) is 16.3 Å². The fourth-order valence-electron chi connectivity index (χ4n) is 4.15. The third kappa shape index (κ3) is 6.95. The van der Waals surface area contributed by atoms with Gasteiger partial charge in [-0.1, -0.05) is 23.7 Å². The molecule has 10 heteroatoms. The number of halogens is 2. The average Bonchev–Trinajstić information content (AvgIpc) is 2.83. The van der Waals surface area contributed by atoms with Gasteiger partial charge in [-0.15, -0.1) is 12.4 Å². The molecule has 1 aliphatic rings. The molecule has 2 aromatic carbocycles. The van der Waals surface area contributed by atoms with Crippen LogP contribution in [0.3, 0.4) is 0 Å². The summed E-state index contributed by atoms with van der Waals surface area (Å²) >= 11 is 5.81. The summed E-state index contributed by atoms with van der Waals surface area (Å²) in [6.07, 6.45) is 3.53.